The van der Waals surface area contributed by atoms with E-state index in [-0.39, 0.29) is 0 Å². The van der Waals surface area contributed by atoms with Gasteiger partial charge in [0.15, 0.2) is 0 Å². The quantitative estimate of drug-likeness (QED) is 0.563. The van der Waals surface area contributed by atoms with E-state index in [9.17, 15) is 0 Å². The molecule has 0 aromatic carbocycles. The van der Waals surface area contributed by atoms with Gasteiger partial charge >= 0.3 is 0 Å². The fourth-order valence-corrected chi connectivity index (χ4v) is 0.998. The average molecular weight is 164 g/mol. The van der Waals surface area contributed by atoms with Crippen molar-refractivity contribution >= 4 is 11.6 Å². The molecule has 0 rings (SSSR count). The molecule has 0 bridgehead atoms. The second-order valence-corrected chi connectivity index (χ2v) is 3.34. The molecule has 1 atom stereocenters. The lowest BCUT2D eigenvalue weighted by Gasteiger charge is -2.18. The van der Waals surface area contributed by atoms with Crippen LogP contribution in [-0.4, -0.2) is 29.9 Å². The highest BCUT2D eigenvalue weighted by Crippen LogP contribution is 2.01. The Kier molecular flexibility index (Phi) is 6.14. The predicted molar refractivity (Wildman–Crippen MR) is 47.7 cm³/mol. The maximum Gasteiger partial charge on any atom is 0.0320 e. The van der Waals surface area contributed by atoms with Gasteiger partial charge in [0.2, 0.25) is 0 Å². The summed E-state index contributed by atoms with van der Waals surface area (Å²) >= 11 is 5.81. The zero-order valence-corrected chi connectivity index (χ0v) is 7.99. The summed E-state index contributed by atoms with van der Waals surface area (Å²) in [7, 11) is 0. The molecule has 0 saturated carbocycles. The van der Waals surface area contributed by atoms with Crippen LogP contribution in [0.4, 0.5) is 0 Å². The van der Waals surface area contributed by atoms with Crippen LogP contribution in [-0.2, 0) is 0 Å². The van der Waals surface area contributed by atoms with E-state index in [4.69, 9.17) is 11.6 Å². The van der Waals surface area contributed by atoms with E-state index in [0.29, 0.717) is 5.38 Å². The van der Waals surface area contributed by atoms with Crippen molar-refractivity contribution in [1.82, 2.24) is 4.90 Å². The van der Waals surface area contributed by atoms with Crippen LogP contribution in [0.25, 0.3) is 0 Å². The van der Waals surface area contributed by atoms with Crippen LogP contribution in [0.5, 0.6) is 0 Å². The Balaban J connectivity index is 3.26. The molecule has 2 heteroatoms. The van der Waals surface area contributed by atoms with Gasteiger partial charge in [0, 0.05) is 5.38 Å². The smallest absolute Gasteiger partial charge is 0.0320 e. The van der Waals surface area contributed by atoms with E-state index in [2.05, 4.69) is 18.7 Å². The van der Waals surface area contributed by atoms with Gasteiger partial charge in [-0.25, -0.2) is 0 Å². The third kappa shape index (κ3) is 5.07. The zero-order valence-electron chi connectivity index (χ0n) is 7.23. The van der Waals surface area contributed by atoms with Gasteiger partial charge in [0.05, 0.1) is 0 Å². The van der Waals surface area contributed by atoms with Crippen molar-refractivity contribution < 1.29 is 0 Å². The van der Waals surface area contributed by atoms with Crippen LogP contribution in [0.3, 0.4) is 0 Å². The van der Waals surface area contributed by atoms with Crippen molar-refractivity contribution in [1.29, 1.82) is 0 Å². The maximum absolute atomic E-state index is 5.81. The Bertz CT molecular complexity index is 69.7. The van der Waals surface area contributed by atoms with Crippen LogP contribution >= 0.6 is 11.6 Å². The number of rotatable bonds is 5. The lowest BCUT2D eigenvalue weighted by atomic mass is 10.3. The fraction of sp³-hybridized carbons (Fsp3) is 1.00. The molecule has 0 heterocycles. The standard InChI is InChI=1S/C8H18ClN/c1-4-10(5-2)7-6-8(3)9/h8H,4-7H2,1-3H3/t8-/m1/s1. The van der Waals surface area contributed by atoms with Crippen LogP contribution in [0.2, 0.25) is 0 Å². The topological polar surface area (TPSA) is 3.24 Å². The average Bonchev–Trinajstić information content (AvgIpc) is 1.90. The molecule has 0 fully saturated rings. The van der Waals surface area contributed by atoms with Gasteiger partial charge in [-0.2, -0.15) is 0 Å². The van der Waals surface area contributed by atoms with Gasteiger partial charge in [-0.1, -0.05) is 13.8 Å². The van der Waals surface area contributed by atoms with Crippen molar-refractivity contribution in [2.45, 2.75) is 32.6 Å². The van der Waals surface area contributed by atoms with E-state index in [1.807, 2.05) is 6.92 Å². The van der Waals surface area contributed by atoms with E-state index in [1.54, 1.807) is 0 Å². The molecule has 0 unspecified atom stereocenters. The van der Waals surface area contributed by atoms with Gasteiger partial charge < -0.3 is 4.90 Å². The number of alkyl halides is 1. The molecule has 0 aliphatic rings. The Morgan fingerprint density at radius 1 is 1.30 bits per heavy atom. The van der Waals surface area contributed by atoms with Gasteiger partial charge in [0.1, 0.15) is 0 Å². The normalized spacial score (nSPS) is 14.1. The van der Waals surface area contributed by atoms with Gasteiger partial charge in [0.25, 0.3) is 0 Å². The molecule has 0 radical (unpaired) electrons. The van der Waals surface area contributed by atoms with E-state index in [1.165, 1.54) is 0 Å². The lowest BCUT2D eigenvalue weighted by Crippen LogP contribution is -2.25. The van der Waals surface area contributed by atoms with E-state index >= 15 is 0 Å². The molecule has 0 aromatic heterocycles. The molecule has 0 amide bonds. The summed E-state index contributed by atoms with van der Waals surface area (Å²) in [4.78, 5) is 2.39. The largest absolute Gasteiger partial charge is 0.304 e. The summed E-state index contributed by atoms with van der Waals surface area (Å²) in [6, 6.07) is 0. The summed E-state index contributed by atoms with van der Waals surface area (Å²) in [6.45, 7) is 9.83. The number of hydrogen-bond acceptors (Lipinski definition) is 1. The Morgan fingerprint density at radius 3 is 2.10 bits per heavy atom. The van der Waals surface area contributed by atoms with Crippen LogP contribution < -0.4 is 0 Å². The van der Waals surface area contributed by atoms with Gasteiger partial charge in [-0.3, -0.25) is 0 Å². The summed E-state index contributed by atoms with van der Waals surface area (Å²) in [6.07, 6.45) is 1.10. The summed E-state index contributed by atoms with van der Waals surface area (Å²) in [5, 5.41) is 0.320. The fourth-order valence-electron chi connectivity index (χ4n) is 0.900. The molecule has 0 aliphatic heterocycles. The summed E-state index contributed by atoms with van der Waals surface area (Å²) in [5.74, 6) is 0. The Morgan fingerprint density at radius 2 is 1.80 bits per heavy atom. The second kappa shape index (κ2) is 5.99. The molecule has 0 saturated heterocycles. The highest BCUT2D eigenvalue weighted by atomic mass is 35.5. The van der Waals surface area contributed by atoms with E-state index < -0.39 is 0 Å². The Labute approximate surface area is 69.4 Å². The van der Waals surface area contributed by atoms with Crippen molar-refractivity contribution in [3.05, 3.63) is 0 Å². The predicted octanol–water partition coefficient (Wildman–Crippen LogP) is 2.35. The molecule has 1 nitrogen and oxygen atoms in total. The molecule has 0 aromatic rings. The van der Waals surface area contributed by atoms with Gasteiger partial charge in [-0.15, -0.1) is 11.6 Å². The number of hydrogen-bond donors (Lipinski definition) is 0. The Hall–Kier alpha value is 0.250. The maximum atomic E-state index is 5.81. The summed E-state index contributed by atoms with van der Waals surface area (Å²) < 4.78 is 0. The first kappa shape index (κ1) is 10.2. The van der Waals surface area contributed by atoms with Crippen molar-refractivity contribution in [2.75, 3.05) is 19.6 Å². The summed E-state index contributed by atoms with van der Waals surface area (Å²) in [5.41, 5.74) is 0. The minimum Gasteiger partial charge on any atom is -0.304 e. The van der Waals surface area contributed by atoms with Crippen LogP contribution in [0, 0.1) is 0 Å². The highest BCUT2D eigenvalue weighted by molar-refractivity contribution is 6.20. The second-order valence-electron chi connectivity index (χ2n) is 2.60. The zero-order chi connectivity index (χ0) is 7.98. The number of nitrogens with zero attached hydrogens (tertiary/aromatic N) is 1. The molecular formula is C8H18ClN. The molecule has 10 heavy (non-hydrogen) atoms. The monoisotopic (exact) mass is 163 g/mol. The van der Waals surface area contributed by atoms with Crippen molar-refractivity contribution in [2.24, 2.45) is 0 Å². The third-order valence-electron chi connectivity index (χ3n) is 1.74. The minimum atomic E-state index is 0.320. The first-order valence-corrected chi connectivity index (χ1v) is 4.50. The van der Waals surface area contributed by atoms with Crippen molar-refractivity contribution in [3.8, 4) is 0 Å². The molecule has 62 valence electrons. The van der Waals surface area contributed by atoms with Crippen molar-refractivity contribution in [3.63, 3.8) is 0 Å². The lowest BCUT2D eigenvalue weighted by molar-refractivity contribution is 0.299. The van der Waals surface area contributed by atoms with Crippen LogP contribution in [0.15, 0.2) is 0 Å². The molecular weight excluding hydrogens is 146 g/mol. The first-order valence-electron chi connectivity index (χ1n) is 4.07. The van der Waals surface area contributed by atoms with E-state index in [0.717, 1.165) is 26.1 Å². The minimum absolute atomic E-state index is 0.320. The molecule has 0 aliphatic carbocycles. The first-order chi connectivity index (χ1) is 4.70. The molecule has 0 N–H and O–H groups in total. The van der Waals surface area contributed by atoms with Gasteiger partial charge in [-0.05, 0) is 33.0 Å². The van der Waals surface area contributed by atoms with Crippen LogP contribution in [0.1, 0.15) is 27.2 Å². The SMILES string of the molecule is CCN(CC)CC[C@@H](C)Cl. The highest BCUT2D eigenvalue weighted by Gasteiger charge is 2.00. The molecule has 0 spiro atoms. The number of halogens is 1. The third-order valence-corrected chi connectivity index (χ3v) is 1.96.